The number of rotatable bonds is 4. The normalized spacial score (nSPS) is 11.4. The number of nitrogens with one attached hydrogen (secondary N) is 1. The van der Waals surface area contributed by atoms with E-state index < -0.39 is 0 Å². The van der Waals surface area contributed by atoms with Gasteiger partial charge in [0, 0.05) is 12.1 Å². The van der Waals surface area contributed by atoms with Crippen LogP contribution >= 0.6 is 0 Å². The molecule has 3 rings (SSSR count). The lowest BCUT2D eigenvalue weighted by molar-refractivity contribution is -0.122. The quantitative estimate of drug-likeness (QED) is 0.787. The van der Waals surface area contributed by atoms with Crippen LogP contribution in [0.1, 0.15) is 19.4 Å². The minimum atomic E-state index is -0.342. The maximum Gasteiger partial charge on any atom is 0.351 e. The lowest BCUT2D eigenvalue weighted by Crippen LogP contribution is -2.36. The molecule has 1 amide bonds. The third-order valence-corrected chi connectivity index (χ3v) is 3.79. The van der Waals surface area contributed by atoms with Crippen LogP contribution in [0.3, 0.4) is 0 Å². The molecule has 0 bridgehead atoms. The van der Waals surface area contributed by atoms with Gasteiger partial charge in [-0.05, 0) is 49.9 Å². The molecule has 0 unspecified atom stereocenters. The van der Waals surface area contributed by atoms with E-state index in [4.69, 9.17) is 4.74 Å². The molecular weight excluding hydrogens is 308 g/mol. The average Bonchev–Trinajstić information content (AvgIpc) is 2.84. The molecule has 1 N–H and O–H groups in total. The molecule has 7 heteroatoms. The molecule has 0 saturated heterocycles. The van der Waals surface area contributed by atoms with Gasteiger partial charge < -0.3 is 10.1 Å². The minimum Gasteiger partial charge on any atom is -0.497 e. The van der Waals surface area contributed by atoms with Crippen molar-refractivity contribution >= 4 is 22.5 Å². The van der Waals surface area contributed by atoms with E-state index in [-0.39, 0.29) is 24.2 Å². The minimum absolute atomic E-state index is 0.0112. The number of hydrogen-bond donors (Lipinski definition) is 1. The van der Waals surface area contributed by atoms with Gasteiger partial charge in [-0.1, -0.05) is 0 Å². The molecule has 0 spiro atoms. The van der Waals surface area contributed by atoms with Crippen LogP contribution in [0.2, 0.25) is 0 Å². The van der Waals surface area contributed by atoms with Crippen LogP contribution in [-0.4, -0.2) is 33.2 Å². The van der Waals surface area contributed by atoms with Crippen molar-refractivity contribution in [2.24, 2.45) is 0 Å². The predicted molar refractivity (Wildman–Crippen MR) is 91.5 cm³/mol. The van der Waals surface area contributed by atoms with Crippen molar-refractivity contribution < 1.29 is 9.53 Å². The van der Waals surface area contributed by atoms with Crippen molar-refractivity contribution in [1.29, 1.82) is 0 Å². The first-order chi connectivity index (χ1) is 11.4. The summed E-state index contributed by atoms with van der Waals surface area (Å²) < 4.78 is 7.97. The Hall–Kier alpha value is -2.83. The summed E-state index contributed by atoms with van der Waals surface area (Å²) in [7, 11) is 1.58. The van der Waals surface area contributed by atoms with E-state index in [9.17, 15) is 9.59 Å². The molecule has 126 valence electrons. The number of carbonyl (C=O) groups is 1. The highest BCUT2D eigenvalue weighted by Gasteiger charge is 2.15. The Morgan fingerprint density at radius 3 is 2.75 bits per heavy atom. The van der Waals surface area contributed by atoms with Crippen LogP contribution in [0.5, 0.6) is 5.75 Å². The maximum absolute atomic E-state index is 12.8. The Kier molecular flexibility index (Phi) is 4.01. The fourth-order valence-corrected chi connectivity index (χ4v) is 2.75. The second-order valence-corrected chi connectivity index (χ2v) is 6.07. The van der Waals surface area contributed by atoms with Gasteiger partial charge in [-0.15, -0.1) is 5.10 Å². The van der Waals surface area contributed by atoms with E-state index >= 15 is 0 Å². The van der Waals surface area contributed by atoms with Gasteiger partial charge in [0.2, 0.25) is 5.91 Å². The molecule has 2 aromatic heterocycles. The third-order valence-electron chi connectivity index (χ3n) is 3.79. The smallest absolute Gasteiger partial charge is 0.351 e. The van der Waals surface area contributed by atoms with Crippen molar-refractivity contribution in [1.82, 2.24) is 19.5 Å². The van der Waals surface area contributed by atoms with Crippen LogP contribution in [-0.2, 0) is 11.3 Å². The number of fused-ring (bicyclic) bond motifs is 3. The molecule has 2 heterocycles. The van der Waals surface area contributed by atoms with Gasteiger partial charge in [0.05, 0.1) is 12.6 Å². The zero-order valence-corrected chi connectivity index (χ0v) is 14.2. The Morgan fingerprint density at radius 2 is 2.08 bits per heavy atom. The molecule has 0 aliphatic carbocycles. The number of methoxy groups -OCH3 is 1. The van der Waals surface area contributed by atoms with E-state index in [0.29, 0.717) is 16.9 Å². The average molecular weight is 328 g/mol. The summed E-state index contributed by atoms with van der Waals surface area (Å²) in [4.78, 5) is 24.7. The van der Waals surface area contributed by atoms with E-state index in [0.717, 1.165) is 10.9 Å². The number of amides is 1. The van der Waals surface area contributed by atoms with Gasteiger partial charge in [-0.2, -0.15) is 0 Å². The summed E-state index contributed by atoms with van der Waals surface area (Å²) in [5.41, 5.74) is 1.77. The summed E-state index contributed by atoms with van der Waals surface area (Å²) in [6.45, 7) is 5.52. The first-order valence-electron chi connectivity index (χ1n) is 7.77. The molecule has 0 aliphatic heterocycles. The van der Waals surface area contributed by atoms with Crippen molar-refractivity contribution in [2.45, 2.75) is 33.4 Å². The van der Waals surface area contributed by atoms with Crippen molar-refractivity contribution in [3.8, 4) is 5.75 Å². The van der Waals surface area contributed by atoms with Crippen LogP contribution in [0, 0.1) is 6.92 Å². The Balaban J connectivity index is 2.19. The van der Waals surface area contributed by atoms with Gasteiger partial charge in [0.25, 0.3) is 0 Å². The van der Waals surface area contributed by atoms with Gasteiger partial charge in [0.1, 0.15) is 12.3 Å². The van der Waals surface area contributed by atoms with Gasteiger partial charge >= 0.3 is 5.69 Å². The molecule has 3 aromatic rings. The van der Waals surface area contributed by atoms with Crippen LogP contribution in [0.15, 0.2) is 29.1 Å². The van der Waals surface area contributed by atoms with Crippen molar-refractivity contribution in [3.05, 3.63) is 40.3 Å². The lowest BCUT2D eigenvalue weighted by atomic mass is 10.1. The SMILES string of the molecule is COc1ccc2cc(C)c3nn(CC(=O)NC(C)C)c(=O)n3c2c1. The third kappa shape index (κ3) is 2.73. The first-order valence-corrected chi connectivity index (χ1v) is 7.77. The van der Waals surface area contributed by atoms with Gasteiger partial charge in [0.15, 0.2) is 5.65 Å². The number of aromatic nitrogens is 3. The number of nitrogens with zero attached hydrogens (tertiary/aromatic N) is 3. The number of benzene rings is 1. The van der Waals surface area contributed by atoms with Gasteiger partial charge in [-0.3, -0.25) is 4.79 Å². The van der Waals surface area contributed by atoms with Crippen LogP contribution in [0.25, 0.3) is 16.6 Å². The standard InChI is InChI=1S/C17H20N4O3/c1-10(2)18-15(22)9-20-17(23)21-14-8-13(24-4)6-5-12(14)7-11(3)16(21)19-20/h5-8,10H,9H2,1-4H3,(H,18,22). The Bertz CT molecular complexity index is 985. The summed E-state index contributed by atoms with van der Waals surface area (Å²) in [5, 5.41) is 8.01. The molecular formula is C17H20N4O3. The van der Waals surface area contributed by atoms with E-state index in [1.54, 1.807) is 13.2 Å². The number of hydrogen-bond acceptors (Lipinski definition) is 4. The molecule has 24 heavy (non-hydrogen) atoms. The molecule has 0 saturated carbocycles. The fraction of sp³-hybridized carbons (Fsp3) is 0.353. The van der Waals surface area contributed by atoms with Crippen molar-refractivity contribution in [3.63, 3.8) is 0 Å². The number of ether oxygens (including phenoxy) is 1. The summed E-state index contributed by atoms with van der Waals surface area (Å²) >= 11 is 0. The Morgan fingerprint density at radius 1 is 1.33 bits per heavy atom. The zero-order chi connectivity index (χ0) is 17.4. The summed E-state index contributed by atoms with van der Waals surface area (Å²) in [6, 6.07) is 7.52. The highest BCUT2D eigenvalue weighted by Crippen LogP contribution is 2.23. The molecule has 0 aliphatic rings. The first kappa shape index (κ1) is 16.0. The predicted octanol–water partition coefficient (Wildman–Crippen LogP) is 1.49. The zero-order valence-electron chi connectivity index (χ0n) is 14.2. The molecule has 0 fully saturated rings. The fourth-order valence-electron chi connectivity index (χ4n) is 2.75. The molecule has 7 nitrogen and oxygen atoms in total. The van der Waals surface area contributed by atoms with Crippen LogP contribution < -0.4 is 15.7 Å². The Labute approximate surface area is 138 Å². The molecule has 0 radical (unpaired) electrons. The lowest BCUT2D eigenvalue weighted by Gasteiger charge is -2.07. The molecule has 1 aromatic carbocycles. The number of pyridine rings is 1. The van der Waals surface area contributed by atoms with Crippen molar-refractivity contribution in [2.75, 3.05) is 7.11 Å². The van der Waals surface area contributed by atoms with E-state index in [1.165, 1.54) is 9.08 Å². The largest absolute Gasteiger partial charge is 0.497 e. The van der Waals surface area contributed by atoms with E-state index in [2.05, 4.69) is 10.4 Å². The second kappa shape index (κ2) is 5.99. The summed E-state index contributed by atoms with van der Waals surface area (Å²) in [5.74, 6) is 0.417. The number of aryl methyl sites for hydroxylation is 1. The van der Waals surface area contributed by atoms with Gasteiger partial charge in [-0.25, -0.2) is 13.9 Å². The topological polar surface area (TPSA) is 77.6 Å². The second-order valence-electron chi connectivity index (χ2n) is 6.07. The molecule has 0 atom stereocenters. The maximum atomic E-state index is 12.8. The highest BCUT2D eigenvalue weighted by molar-refractivity contribution is 5.84. The summed E-state index contributed by atoms with van der Waals surface area (Å²) in [6.07, 6.45) is 0. The number of carbonyl (C=O) groups excluding carboxylic acids is 1. The van der Waals surface area contributed by atoms with E-state index in [1.807, 2.05) is 39.0 Å². The van der Waals surface area contributed by atoms with Crippen LogP contribution in [0.4, 0.5) is 0 Å². The highest BCUT2D eigenvalue weighted by atomic mass is 16.5. The monoisotopic (exact) mass is 328 g/mol.